The molecule has 180 valence electrons. The normalized spacial score (nSPS) is 15.0. The molecule has 0 atom stereocenters. The molecule has 0 bridgehead atoms. The molecule has 34 heavy (non-hydrogen) atoms. The SMILES string of the molecule is COc1ccc(S(=O)(=O)N2CCCCCC2)cc1NC(=O)CCc1cnn(-c2ccccc2)c1. The summed E-state index contributed by atoms with van der Waals surface area (Å²) in [5.41, 5.74) is 2.23. The molecule has 1 amide bonds. The fraction of sp³-hybridized carbons (Fsp3) is 0.360. The van der Waals surface area contributed by atoms with Crippen LogP contribution in [0.4, 0.5) is 5.69 Å². The minimum atomic E-state index is -3.63. The number of amides is 1. The number of anilines is 1. The second-order valence-electron chi connectivity index (χ2n) is 8.36. The van der Waals surface area contributed by atoms with Gasteiger partial charge in [0, 0.05) is 25.7 Å². The summed E-state index contributed by atoms with van der Waals surface area (Å²) < 4.78 is 35.0. The monoisotopic (exact) mass is 482 g/mol. The molecular weight excluding hydrogens is 452 g/mol. The van der Waals surface area contributed by atoms with Gasteiger partial charge in [-0.25, -0.2) is 13.1 Å². The number of para-hydroxylation sites is 1. The molecular formula is C25H30N4O4S. The zero-order valence-corrected chi connectivity index (χ0v) is 20.1. The summed E-state index contributed by atoms with van der Waals surface area (Å²) in [7, 11) is -2.14. The van der Waals surface area contributed by atoms with Crippen molar-refractivity contribution in [1.82, 2.24) is 14.1 Å². The maximum atomic E-state index is 13.2. The van der Waals surface area contributed by atoms with Gasteiger partial charge in [0.15, 0.2) is 0 Å². The Morgan fingerprint density at radius 3 is 2.50 bits per heavy atom. The summed E-state index contributed by atoms with van der Waals surface area (Å²) in [6.07, 6.45) is 8.19. The fourth-order valence-corrected chi connectivity index (χ4v) is 5.60. The molecule has 0 spiro atoms. The molecule has 1 aliphatic heterocycles. The van der Waals surface area contributed by atoms with Crippen molar-refractivity contribution in [3.8, 4) is 11.4 Å². The Hall–Kier alpha value is -3.17. The average molecular weight is 483 g/mol. The van der Waals surface area contributed by atoms with Gasteiger partial charge in [-0.15, -0.1) is 0 Å². The van der Waals surface area contributed by atoms with Crippen molar-refractivity contribution in [3.05, 3.63) is 66.5 Å². The Balaban J connectivity index is 1.43. The number of hydrogen-bond acceptors (Lipinski definition) is 5. The van der Waals surface area contributed by atoms with Crippen LogP contribution >= 0.6 is 0 Å². The van der Waals surface area contributed by atoms with Gasteiger partial charge in [0.05, 0.1) is 29.6 Å². The highest BCUT2D eigenvalue weighted by molar-refractivity contribution is 7.89. The van der Waals surface area contributed by atoms with E-state index in [4.69, 9.17) is 4.74 Å². The second-order valence-corrected chi connectivity index (χ2v) is 10.3. The van der Waals surface area contributed by atoms with Gasteiger partial charge in [-0.3, -0.25) is 4.79 Å². The number of methoxy groups -OCH3 is 1. The Kier molecular flexibility index (Phi) is 7.64. The Labute approximate surface area is 200 Å². The van der Waals surface area contributed by atoms with Crippen molar-refractivity contribution in [1.29, 1.82) is 0 Å². The van der Waals surface area contributed by atoms with Gasteiger partial charge in [-0.2, -0.15) is 9.40 Å². The van der Waals surface area contributed by atoms with Gasteiger partial charge >= 0.3 is 0 Å². The third-order valence-corrected chi connectivity index (χ3v) is 7.84. The lowest BCUT2D eigenvalue weighted by molar-refractivity contribution is -0.116. The topological polar surface area (TPSA) is 93.5 Å². The predicted octanol–water partition coefficient (Wildman–Crippen LogP) is 4.02. The maximum Gasteiger partial charge on any atom is 0.243 e. The maximum absolute atomic E-state index is 13.2. The number of carbonyl (C=O) groups excluding carboxylic acids is 1. The van der Waals surface area contributed by atoms with Crippen LogP contribution in [-0.4, -0.2) is 48.6 Å². The van der Waals surface area contributed by atoms with E-state index in [0.29, 0.717) is 30.9 Å². The summed E-state index contributed by atoms with van der Waals surface area (Å²) in [6.45, 7) is 1.04. The molecule has 2 heterocycles. The van der Waals surface area contributed by atoms with Gasteiger partial charge in [0.1, 0.15) is 5.75 Å². The third kappa shape index (κ3) is 5.66. The molecule has 0 radical (unpaired) electrons. The summed E-state index contributed by atoms with van der Waals surface area (Å²) in [5, 5.41) is 7.18. The minimum absolute atomic E-state index is 0.162. The number of sulfonamides is 1. The Bertz CT molecular complexity index is 1220. The number of hydrogen-bond donors (Lipinski definition) is 1. The standard InChI is InChI=1S/C25H30N4O4S/c1-33-24-13-12-22(34(31,32)28-15-7-2-3-8-16-28)17-23(24)27-25(30)14-11-20-18-26-29(19-20)21-9-5-4-6-10-21/h4-6,9-10,12-13,17-19H,2-3,7-8,11,14-16H2,1H3,(H,27,30). The highest BCUT2D eigenvalue weighted by atomic mass is 32.2. The van der Waals surface area contributed by atoms with E-state index in [1.807, 2.05) is 36.5 Å². The highest BCUT2D eigenvalue weighted by Crippen LogP contribution is 2.30. The van der Waals surface area contributed by atoms with Crippen molar-refractivity contribution in [2.45, 2.75) is 43.4 Å². The quantitative estimate of drug-likeness (QED) is 0.524. The van der Waals surface area contributed by atoms with Crippen LogP contribution in [0, 0.1) is 0 Å². The number of nitrogens with zero attached hydrogens (tertiary/aromatic N) is 3. The van der Waals surface area contributed by atoms with Crippen LogP contribution < -0.4 is 10.1 Å². The number of aryl methyl sites for hydroxylation is 1. The van der Waals surface area contributed by atoms with Crippen molar-refractivity contribution < 1.29 is 17.9 Å². The van der Waals surface area contributed by atoms with Crippen LogP contribution in [0.1, 0.15) is 37.7 Å². The van der Waals surface area contributed by atoms with Crippen LogP contribution in [0.2, 0.25) is 0 Å². The number of rotatable bonds is 8. The zero-order valence-electron chi connectivity index (χ0n) is 19.3. The molecule has 1 aromatic heterocycles. The molecule has 0 unspecified atom stereocenters. The lowest BCUT2D eigenvalue weighted by atomic mass is 10.2. The molecule has 1 N–H and O–H groups in total. The van der Waals surface area contributed by atoms with Crippen LogP contribution in [0.15, 0.2) is 65.8 Å². The Morgan fingerprint density at radius 2 is 1.79 bits per heavy atom. The van der Waals surface area contributed by atoms with E-state index < -0.39 is 10.0 Å². The number of nitrogens with one attached hydrogen (secondary N) is 1. The number of ether oxygens (including phenoxy) is 1. The number of aromatic nitrogens is 2. The first kappa shape index (κ1) is 24.0. The van der Waals surface area contributed by atoms with Crippen molar-refractivity contribution in [3.63, 3.8) is 0 Å². The molecule has 2 aromatic carbocycles. The molecule has 4 rings (SSSR count). The molecule has 1 saturated heterocycles. The van der Waals surface area contributed by atoms with Crippen molar-refractivity contribution in [2.24, 2.45) is 0 Å². The molecule has 0 saturated carbocycles. The average Bonchev–Trinajstić information content (AvgIpc) is 3.15. The summed E-state index contributed by atoms with van der Waals surface area (Å²) in [6, 6.07) is 14.4. The van der Waals surface area contributed by atoms with Gasteiger partial charge in [-0.05, 0) is 55.2 Å². The predicted molar refractivity (Wildman–Crippen MR) is 131 cm³/mol. The van der Waals surface area contributed by atoms with E-state index in [9.17, 15) is 13.2 Å². The van der Waals surface area contributed by atoms with Gasteiger partial charge < -0.3 is 10.1 Å². The molecule has 9 heteroatoms. The van der Waals surface area contributed by atoms with Crippen molar-refractivity contribution >= 4 is 21.6 Å². The largest absolute Gasteiger partial charge is 0.495 e. The van der Waals surface area contributed by atoms with Crippen molar-refractivity contribution in [2.75, 3.05) is 25.5 Å². The molecule has 1 fully saturated rings. The number of carbonyl (C=O) groups is 1. The summed E-state index contributed by atoms with van der Waals surface area (Å²) in [4.78, 5) is 12.8. The molecule has 0 aliphatic carbocycles. The first-order valence-electron chi connectivity index (χ1n) is 11.5. The third-order valence-electron chi connectivity index (χ3n) is 5.95. The van der Waals surface area contributed by atoms with E-state index in [1.54, 1.807) is 16.9 Å². The Morgan fingerprint density at radius 1 is 1.06 bits per heavy atom. The van der Waals surface area contributed by atoms with Gasteiger partial charge in [0.2, 0.25) is 15.9 Å². The smallest absolute Gasteiger partial charge is 0.243 e. The first-order chi connectivity index (χ1) is 16.5. The molecule has 3 aromatic rings. The molecule has 1 aliphatic rings. The van der Waals surface area contributed by atoms with Crippen LogP contribution in [0.25, 0.3) is 5.69 Å². The highest BCUT2D eigenvalue weighted by Gasteiger charge is 2.26. The summed E-state index contributed by atoms with van der Waals surface area (Å²) in [5.74, 6) is 0.190. The van der Waals surface area contributed by atoms with Crippen LogP contribution in [-0.2, 0) is 21.2 Å². The number of benzene rings is 2. The van der Waals surface area contributed by atoms with Crippen LogP contribution in [0.5, 0.6) is 5.75 Å². The van der Waals surface area contributed by atoms with Gasteiger partial charge in [0.25, 0.3) is 0 Å². The van der Waals surface area contributed by atoms with E-state index in [1.165, 1.54) is 23.5 Å². The first-order valence-corrected chi connectivity index (χ1v) is 13.0. The second kappa shape index (κ2) is 10.8. The van der Waals surface area contributed by atoms with Gasteiger partial charge in [-0.1, -0.05) is 31.0 Å². The van der Waals surface area contributed by atoms with E-state index >= 15 is 0 Å². The van der Waals surface area contributed by atoms with E-state index in [0.717, 1.165) is 36.9 Å². The lowest BCUT2D eigenvalue weighted by Gasteiger charge is -2.21. The minimum Gasteiger partial charge on any atom is -0.495 e. The van der Waals surface area contributed by atoms with Crippen LogP contribution in [0.3, 0.4) is 0 Å². The van der Waals surface area contributed by atoms with E-state index in [2.05, 4.69) is 10.4 Å². The summed E-state index contributed by atoms with van der Waals surface area (Å²) >= 11 is 0. The lowest BCUT2D eigenvalue weighted by Crippen LogP contribution is -2.32. The fourth-order valence-electron chi connectivity index (χ4n) is 4.06. The van der Waals surface area contributed by atoms with E-state index in [-0.39, 0.29) is 17.2 Å². The zero-order chi connectivity index (χ0) is 24.0. The molecule has 8 nitrogen and oxygen atoms in total.